The number of pyridine rings is 1. The van der Waals surface area contributed by atoms with Crippen molar-refractivity contribution < 1.29 is 22.8 Å². The number of hydrogen-bond acceptors (Lipinski definition) is 4. The molecule has 2 heterocycles. The average molecular weight is 460 g/mol. The van der Waals surface area contributed by atoms with E-state index in [0.717, 1.165) is 0 Å². The zero-order valence-electron chi connectivity index (χ0n) is 16.1. The smallest absolute Gasteiger partial charge is 0.374 e. The second kappa shape index (κ2) is 8.43. The van der Waals surface area contributed by atoms with Crippen LogP contribution >= 0.6 is 23.2 Å². The van der Waals surface area contributed by atoms with Gasteiger partial charge < -0.3 is 10.2 Å². The molecule has 10 heteroatoms. The van der Waals surface area contributed by atoms with Gasteiger partial charge in [0.05, 0.1) is 12.1 Å². The molecule has 0 fully saturated rings. The van der Waals surface area contributed by atoms with Crippen molar-refractivity contribution in [2.24, 2.45) is 5.16 Å². The third-order valence-corrected chi connectivity index (χ3v) is 5.38. The van der Waals surface area contributed by atoms with Crippen molar-refractivity contribution in [3.8, 4) is 0 Å². The van der Waals surface area contributed by atoms with E-state index in [2.05, 4.69) is 15.5 Å². The normalized spacial score (nSPS) is 18.7. The summed E-state index contributed by atoms with van der Waals surface area (Å²) >= 11 is 11.8. The minimum atomic E-state index is -4.78. The largest absolute Gasteiger partial charge is 0.435 e. The summed E-state index contributed by atoms with van der Waals surface area (Å²) < 4.78 is 42.4. The minimum Gasteiger partial charge on any atom is -0.374 e. The quantitative estimate of drug-likeness (QED) is 0.659. The highest BCUT2D eigenvalue weighted by atomic mass is 35.5. The molecule has 1 aliphatic rings. The molecule has 0 aliphatic carbocycles. The summed E-state index contributed by atoms with van der Waals surface area (Å²) in [4.78, 5) is 20.6. The van der Waals surface area contributed by atoms with E-state index in [4.69, 9.17) is 28.0 Å². The number of halogens is 5. The molecule has 1 aliphatic heterocycles. The molecule has 2 aromatic rings. The first-order valence-electron chi connectivity index (χ1n) is 9.06. The molecule has 1 N–H and O–H groups in total. The maximum Gasteiger partial charge on any atom is 0.435 e. The van der Waals surface area contributed by atoms with Crippen LogP contribution in [0.2, 0.25) is 10.0 Å². The summed E-state index contributed by atoms with van der Waals surface area (Å²) in [5.74, 6) is -0.143. The standard InChI is InChI=1S/C20H18Cl2F3N3O2/c1-3-18(29)27-9-12-8-26-10-16(11(12)2)17-7-19(30-28-17,20(23,24)25)13-4-14(21)6-15(22)5-13/h4-6,8,10H,3,7,9H2,1-2H3,(H,27,29). The molecular formula is C20H18Cl2F3N3O2. The van der Waals surface area contributed by atoms with Gasteiger partial charge in [0.25, 0.3) is 5.60 Å². The minimum absolute atomic E-state index is 0.0599. The Labute approximate surface area is 181 Å². The summed E-state index contributed by atoms with van der Waals surface area (Å²) in [6.45, 7) is 3.67. The molecule has 1 amide bonds. The summed E-state index contributed by atoms with van der Waals surface area (Å²) in [5.41, 5.74) is -1.11. The number of hydrogen-bond donors (Lipinski definition) is 1. The molecule has 1 unspecified atom stereocenters. The Morgan fingerprint density at radius 2 is 1.90 bits per heavy atom. The Morgan fingerprint density at radius 1 is 1.23 bits per heavy atom. The third-order valence-electron chi connectivity index (χ3n) is 4.94. The highest BCUT2D eigenvalue weighted by Crippen LogP contribution is 2.49. The van der Waals surface area contributed by atoms with Gasteiger partial charge in [-0.3, -0.25) is 9.78 Å². The Balaban J connectivity index is 1.96. The maximum atomic E-state index is 14.1. The van der Waals surface area contributed by atoms with Crippen LogP contribution in [0.4, 0.5) is 13.2 Å². The van der Waals surface area contributed by atoms with Gasteiger partial charge in [-0.05, 0) is 36.2 Å². The lowest BCUT2D eigenvalue weighted by Crippen LogP contribution is -2.42. The van der Waals surface area contributed by atoms with Gasteiger partial charge in [-0.25, -0.2) is 0 Å². The van der Waals surface area contributed by atoms with E-state index in [1.54, 1.807) is 20.0 Å². The zero-order valence-corrected chi connectivity index (χ0v) is 17.6. The number of amides is 1. The topological polar surface area (TPSA) is 63.6 Å². The van der Waals surface area contributed by atoms with Crippen LogP contribution in [0.15, 0.2) is 35.7 Å². The molecule has 0 spiro atoms. The number of carbonyl (C=O) groups excluding carboxylic acids is 1. The molecule has 160 valence electrons. The first-order valence-corrected chi connectivity index (χ1v) is 9.82. The van der Waals surface area contributed by atoms with Crippen LogP contribution in [0.1, 0.15) is 42.0 Å². The highest BCUT2D eigenvalue weighted by molar-refractivity contribution is 6.34. The van der Waals surface area contributed by atoms with Gasteiger partial charge in [0.2, 0.25) is 5.91 Å². The first-order chi connectivity index (χ1) is 14.1. The summed E-state index contributed by atoms with van der Waals surface area (Å²) in [7, 11) is 0. The molecule has 1 atom stereocenters. The first kappa shape index (κ1) is 22.4. The molecule has 0 radical (unpaired) electrons. The second-order valence-corrected chi connectivity index (χ2v) is 7.76. The number of benzene rings is 1. The van der Waals surface area contributed by atoms with Crippen LogP contribution in [0, 0.1) is 6.92 Å². The summed E-state index contributed by atoms with van der Waals surface area (Å²) in [6.07, 6.45) is -2.04. The van der Waals surface area contributed by atoms with Crippen LogP contribution in [0.25, 0.3) is 0 Å². The lowest BCUT2D eigenvalue weighted by molar-refractivity contribution is -0.275. The van der Waals surface area contributed by atoms with Crippen LogP contribution in [0.5, 0.6) is 0 Å². The lowest BCUT2D eigenvalue weighted by atomic mass is 9.86. The Morgan fingerprint density at radius 3 is 2.50 bits per heavy atom. The number of aromatic nitrogens is 1. The van der Waals surface area contributed by atoms with Crippen molar-refractivity contribution in [1.29, 1.82) is 0 Å². The number of nitrogens with zero attached hydrogens (tertiary/aromatic N) is 2. The van der Waals surface area contributed by atoms with Gasteiger partial charge in [0.1, 0.15) is 0 Å². The second-order valence-electron chi connectivity index (χ2n) is 6.89. The van der Waals surface area contributed by atoms with Crippen molar-refractivity contribution in [3.63, 3.8) is 0 Å². The van der Waals surface area contributed by atoms with Gasteiger partial charge in [-0.15, -0.1) is 0 Å². The van der Waals surface area contributed by atoms with Crippen molar-refractivity contribution >= 4 is 34.8 Å². The van der Waals surface area contributed by atoms with Crippen LogP contribution in [0.3, 0.4) is 0 Å². The maximum absolute atomic E-state index is 14.1. The van der Waals surface area contributed by atoms with Crippen molar-refractivity contribution in [2.45, 2.75) is 45.0 Å². The molecule has 0 saturated heterocycles. The van der Waals surface area contributed by atoms with E-state index in [1.807, 2.05) is 0 Å². The fourth-order valence-electron chi connectivity index (χ4n) is 3.19. The van der Waals surface area contributed by atoms with E-state index in [0.29, 0.717) is 23.1 Å². The molecule has 1 aromatic heterocycles. The Bertz CT molecular complexity index is 991. The van der Waals surface area contributed by atoms with E-state index in [9.17, 15) is 18.0 Å². The van der Waals surface area contributed by atoms with Crippen molar-refractivity contribution in [3.05, 3.63) is 62.9 Å². The molecular weight excluding hydrogens is 442 g/mol. The zero-order chi connectivity index (χ0) is 22.1. The fraction of sp³-hybridized carbons (Fsp3) is 0.350. The Kier molecular flexibility index (Phi) is 6.29. The van der Waals surface area contributed by atoms with Crippen LogP contribution in [-0.4, -0.2) is 22.8 Å². The monoisotopic (exact) mass is 459 g/mol. The average Bonchev–Trinajstić information content (AvgIpc) is 3.13. The molecule has 1 aromatic carbocycles. The van der Waals surface area contributed by atoms with E-state index in [1.165, 1.54) is 24.4 Å². The number of alkyl halides is 3. The highest BCUT2D eigenvalue weighted by Gasteiger charge is 2.62. The molecule has 0 bridgehead atoms. The molecule has 0 saturated carbocycles. The molecule has 5 nitrogen and oxygen atoms in total. The van der Waals surface area contributed by atoms with Gasteiger partial charge in [0, 0.05) is 46.5 Å². The van der Waals surface area contributed by atoms with E-state index < -0.39 is 18.2 Å². The number of rotatable bonds is 5. The lowest BCUT2D eigenvalue weighted by Gasteiger charge is -2.29. The molecule has 30 heavy (non-hydrogen) atoms. The summed E-state index contributed by atoms with van der Waals surface area (Å²) in [5, 5.41) is 6.60. The van der Waals surface area contributed by atoms with Gasteiger partial charge >= 0.3 is 6.18 Å². The van der Waals surface area contributed by atoms with E-state index >= 15 is 0 Å². The van der Waals surface area contributed by atoms with Crippen LogP contribution in [-0.2, 0) is 21.8 Å². The third kappa shape index (κ3) is 4.25. The summed E-state index contributed by atoms with van der Waals surface area (Å²) in [6, 6.07) is 3.68. The predicted molar refractivity (Wildman–Crippen MR) is 108 cm³/mol. The number of oxime groups is 1. The Hall–Kier alpha value is -2.32. The number of carbonyl (C=O) groups is 1. The van der Waals surface area contributed by atoms with Crippen molar-refractivity contribution in [1.82, 2.24) is 10.3 Å². The van der Waals surface area contributed by atoms with Gasteiger partial charge in [-0.2, -0.15) is 13.2 Å². The SMILES string of the molecule is CCC(=O)NCc1cncc(C2=NOC(c3cc(Cl)cc(Cl)c3)(C(F)(F)F)C2)c1C. The van der Waals surface area contributed by atoms with Crippen molar-refractivity contribution in [2.75, 3.05) is 0 Å². The van der Waals surface area contributed by atoms with E-state index in [-0.39, 0.29) is 33.8 Å². The predicted octanol–water partition coefficient (Wildman–Crippen LogP) is 5.31. The van der Waals surface area contributed by atoms with Gasteiger partial charge in [-0.1, -0.05) is 35.3 Å². The fourth-order valence-corrected chi connectivity index (χ4v) is 3.72. The number of nitrogens with one attached hydrogen (secondary N) is 1. The van der Waals surface area contributed by atoms with Gasteiger partial charge in [0.15, 0.2) is 0 Å². The molecule has 3 rings (SSSR count). The van der Waals surface area contributed by atoms with Crippen LogP contribution < -0.4 is 5.32 Å².